The number of carbonyl (C=O) groups excluding carboxylic acids is 2. The summed E-state index contributed by atoms with van der Waals surface area (Å²) in [6.07, 6.45) is 5.00. The van der Waals surface area contributed by atoms with Gasteiger partial charge in [0.2, 0.25) is 11.8 Å². The van der Waals surface area contributed by atoms with E-state index in [0.29, 0.717) is 0 Å². The van der Waals surface area contributed by atoms with Gasteiger partial charge in [0.15, 0.2) is 0 Å². The molecular formula is C31H36FN3O4S. The maximum atomic E-state index is 15.0. The lowest BCUT2D eigenvalue weighted by molar-refractivity contribution is -0.139. The summed E-state index contributed by atoms with van der Waals surface area (Å²) in [5.74, 6) is -1.69. The fourth-order valence-electron chi connectivity index (χ4n) is 5.05. The first kappa shape index (κ1) is 29.3. The summed E-state index contributed by atoms with van der Waals surface area (Å²) in [5.41, 5.74) is 1.55. The number of rotatable bonds is 10. The average Bonchev–Trinajstić information content (AvgIpc) is 2.95. The fraction of sp³-hybridized carbons (Fsp3) is 0.355. The molecular weight excluding hydrogens is 529 g/mol. The van der Waals surface area contributed by atoms with E-state index in [1.165, 1.54) is 35.2 Å². The van der Waals surface area contributed by atoms with Gasteiger partial charge >= 0.3 is 0 Å². The molecule has 1 aliphatic rings. The minimum Gasteiger partial charge on any atom is -0.352 e. The molecule has 3 aromatic rings. The number of amides is 2. The van der Waals surface area contributed by atoms with E-state index in [0.717, 1.165) is 53.6 Å². The summed E-state index contributed by atoms with van der Waals surface area (Å²) in [6, 6.07) is 19.8. The molecule has 1 saturated carbocycles. The zero-order valence-corrected chi connectivity index (χ0v) is 23.7. The zero-order chi connectivity index (χ0) is 28.7. The highest BCUT2D eigenvalue weighted by molar-refractivity contribution is 7.92. The van der Waals surface area contributed by atoms with Crippen molar-refractivity contribution in [3.63, 3.8) is 0 Å². The second kappa shape index (κ2) is 13.1. The first-order chi connectivity index (χ1) is 19.2. The van der Waals surface area contributed by atoms with Gasteiger partial charge in [0.1, 0.15) is 18.4 Å². The van der Waals surface area contributed by atoms with Gasteiger partial charge in [0, 0.05) is 12.6 Å². The molecule has 3 aromatic carbocycles. The molecule has 0 saturated heterocycles. The number of nitrogens with zero attached hydrogens (tertiary/aromatic N) is 2. The first-order valence-corrected chi connectivity index (χ1v) is 15.1. The monoisotopic (exact) mass is 565 g/mol. The van der Waals surface area contributed by atoms with Gasteiger partial charge in [-0.05, 0) is 56.5 Å². The molecule has 2 amide bonds. The molecule has 0 aliphatic heterocycles. The summed E-state index contributed by atoms with van der Waals surface area (Å²) in [7, 11) is -4.31. The summed E-state index contributed by atoms with van der Waals surface area (Å²) >= 11 is 0. The van der Waals surface area contributed by atoms with Gasteiger partial charge in [0.25, 0.3) is 10.0 Å². The topological polar surface area (TPSA) is 86.8 Å². The van der Waals surface area contributed by atoms with Crippen LogP contribution < -0.4 is 9.62 Å². The first-order valence-electron chi connectivity index (χ1n) is 13.6. The molecule has 212 valence electrons. The Bertz CT molecular complexity index is 1430. The van der Waals surface area contributed by atoms with Crippen molar-refractivity contribution in [2.45, 2.75) is 69.5 Å². The number of hydrogen-bond donors (Lipinski definition) is 1. The average molecular weight is 566 g/mol. The molecule has 0 bridgehead atoms. The van der Waals surface area contributed by atoms with E-state index in [9.17, 15) is 22.4 Å². The van der Waals surface area contributed by atoms with Crippen molar-refractivity contribution in [1.82, 2.24) is 10.2 Å². The minimum absolute atomic E-state index is 0.0491. The third-order valence-corrected chi connectivity index (χ3v) is 9.06. The minimum atomic E-state index is -4.31. The highest BCUT2D eigenvalue weighted by atomic mass is 32.2. The Morgan fingerprint density at radius 1 is 0.950 bits per heavy atom. The molecule has 4 rings (SSSR count). The van der Waals surface area contributed by atoms with Crippen molar-refractivity contribution in [2.75, 3.05) is 10.8 Å². The Hall–Kier alpha value is -3.72. The smallest absolute Gasteiger partial charge is 0.264 e. The Morgan fingerprint density at radius 3 is 2.30 bits per heavy atom. The van der Waals surface area contributed by atoms with E-state index in [-0.39, 0.29) is 29.1 Å². The van der Waals surface area contributed by atoms with Crippen molar-refractivity contribution in [3.05, 3.63) is 95.8 Å². The van der Waals surface area contributed by atoms with E-state index in [1.807, 2.05) is 31.2 Å². The van der Waals surface area contributed by atoms with Gasteiger partial charge in [-0.15, -0.1) is 0 Å². The molecule has 9 heteroatoms. The Kier molecular flexibility index (Phi) is 9.58. The second-order valence-corrected chi connectivity index (χ2v) is 12.2. The molecule has 40 heavy (non-hydrogen) atoms. The standard InChI is InChI=1S/C31H36FN3O4S/c1-23-12-11-13-25(20-23)21-34(24(2)31(37)33-26-14-5-3-6-15-26)30(36)22-35(29-19-10-9-18-28(29)32)40(38,39)27-16-7-4-8-17-27/h4,7-13,16-20,24,26H,3,5-6,14-15,21-22H2,1-2H3,(H,33,37). The quantitative estimate of drug-likeness (QED) is 0.366. The summed E-state index contributed by atoms with van der Waals surface area (Å²) in [6.45, 7) is 2.99. The summed E-state index contributed by atoms with van der Waals surface area (Å²) in [4.78, 5) is 28.6. The number of para-hydroxylation sites is 1. The van der Waals surface area contributed by atoms with Crippen LogP contribution in [0.15, 0.2) is 83.8 Å². The van der Waals surface area contributed by atoms with Crippen molar-refractivity contribution in [3.8, 4) is 0 Å². The van der Waals surface area contributed by atoms with Crippen LogP contribution in [-0.4, -0.2) is 43.8 Å². The third kappa shape index (κ3) is 7.07. The van der Waals surface area contributed by atoms with Crippen molar-refractivity contribution < 1.29 is 22.4 Å². The van der Waals surface area contributed by atoms with Gasteiger partial charge in [-0.2, -0.15) is 0 Å². The maximum Gasteiger partial charge on any atom is 0.264 e. The second-order valence-electron chi connectivity index (χ2n) is 10.3. The number of halogens is 1. The van der Waals surface area contributed by atoms with E-state index < -0.39 is 34.3 Å². The van der Waals surface area contributed by atoms with Gasteiger partial charge < -0.3 is 10.2 Å². The third-order valence-electron chi connectivity index (χ3n) is 7.29. The SMILES string of the molecule is Cc1cccc(CN(C(=O)CN(c2ccccc2F)S(=O)(=O)c2ccccc2)C(C)C(=O)NC2CCCCC2)c1. The van der Waals surface area contributed by atoms with Crippen molar-refractivity contribution in [2.24, 2.45) is 0 Å². The van der Waals surface area contributed by atoms with Gasteiger partial charge in [0.05, 0.1) is 10.6 Å². The zero-order valence-electron chi connectivity index (χ0n) is 22.9. The van der Waals surface area contributed by atoms with Gasteiger partial charge in [-0.1, -0.05) is 79.4 Å². The number of carbonyl (C=O) groups is 2. The highest BCUT2D eigenvalue weighted by Gasteiger charge is 2.34. The predicted molar refractivity (Wildman–Crippen MR) is 154 cm³/mol. The van der Waals surface area contributed by atoms with Crippen LogP contribution in [0.25, 0.3) is 0 Å². The molecule has 0 radical (unpaired) electrons. The number of aryl methyl sites for hydroxylation is 1. The lowest BCUT2D eigenvalue weighted by Crippen LogP contribution is -2.53. The summed E-state index contributed by atoms with van der Waals surface area (Å²) in [5, 5.41) is 3.08. The van der Waals surface area contributed by atoms with Gasteiger partial charge in [-0.3, -0.25) is 13.9 Å². The molecule has 1 N–H and O–H groups in total. The molecule has 1 atom stereocenters. The molecule has 1 fully saturated rings. The Morgan fingerprint density at radius 2 is 1.62 bits per heavy atom. The van der Waals surface area contributed by atoms with Crippen LogP contribution in [0.2, 0.25) is 0 Å². The molecule has 0 aromatic heterocycles. The van der Waals surface area contributed by atoms with Gasteiger partial charge in [-0.25, -0.2) is 12.8 Å². The van der Waals surface area contributed by atoms with E-state index >= 15 is 0 Å². The molecule has 1 aliphatic carbocycles. The van der Waals surface area contributed by atoms with Crippen LogP contribution >= 0.6 is 0 Å². The fourth-order valence-corrected chi connectivity index (χ4v) is 6.49. The predicted octanol–water partition coefficient (Wildman–Crippen LogP) is 5.20. The Balaban J connectivity index is 1.68. The van der Waals surface area contributed by atoms with E-state index in [1.54, 1.807) is 25.1 Å². The normalized spacial score (nSPS) is 14.8. The van der Waals surface area contributed by atoms with Crippen LogP contribution in [0.1, 0.15) is 50.2 Å². The van der Waals surface area contributed by atoms with Crippen LogP contribution in [0.5, 0.6) is 0 Å². The number of benzene rings is 3. The van der Waals surface area contributed by atoms with E-state index in [4.69, 9.17) is 0 Å². The van der Waals surface area contributed by atoms with Crippen LogP contribution in [0.4, 0.5) is 10.1 Å². The number of hydrogen-bond acceptors (Lipinski definition) is 4. The highest BCUT2D eigenvalue weighted by Crippen LogP contribution is 2.27. The number of nitrogens with one attached hydrogen (secondary N) is 1. The lowest BCUT2D eigenvalue weighted by Gasteiger charge is -2.33. The molecule has 0 spiro atoms. The van der Waals surface area contributed by atoms with Crippen molar-refractivity contribution in [1.29, 1.82) is 0 Å². The number of anilines is 1. The van der Waals surface area contributed by atoms with Crippen LogP contribution in [0.3, 0.4) is 0 Å². The van der Waals surface area contributed by atoms with E-state index in [2.05, 4.69) is 5.32 Å². The lowest BCUT2D eigenvalue weighted by atomic mass is 9.95. The maximum absolute atomic E-state index is 15.0. The Labute approximate surface area is 236 Å². The molecule has 0 heterocycles. The number of sulfonamides is 1. The molecule has 7 nitrogen and oxygen atoms in total. The van der Waals surface area contributed by atoms with Crippen LogP contribution in [-0.2, 0) is 26.2 Å². The summed E-state index contributed by atoms with van der Waals surface area (Å²) < 4.78 is 43.2. The molecule has 1 unspecified atom stereocenters. The largest absolute Gasteiger partial charge is 0.352 e. The van der Waals surface area contributed by atoms with Crippen molar-refractivity contribution >= 4 is 27.5 Å². The van der Waals surface area contributed by atoms with Crippen LogP contribution in [0, 0.1) is 12.7 Å².